The van der Waals surface area contributed by atoms with Crippen LogP contribution in [-0.2, 0) is 4.79 Å². The maximum absolute atomic E-state index is 13.1. The number of benzene rings is 1. The number of nitrogens with one attached hydrogen (secondary N) is 1. The number of rotatable bonds is 13. The Bertz CT molecular complexity index is 846. The van der Waals surface area contributed by atoms with Gasteiger partial charge < -0.3 is 20.1 Å². The summed E-state index contributed by atoms with van der Waals surface area (Å²) in [6.45, 7) is 5.49. The molecule has 1 heterocycles. The Labute approximate surface area is 188 Å². The number of aliphatic carboxylic acids is 1. The fraction of sp³-hybridized carbons (Fsp3) is 0.435. The highest BCUT2D eigenvalue weighted by molar-refractivity contribution is 6.31. The Balaban J connectivity index is 1.92. The first-order valence-electron chi connectivity index (χ1n) is 10.5. The van der Waals surface area contributed by atoms with Crippen LogP contribution in [0.1, 0.15) is 49.9 Å². The van der Waals surface area contributed by atoms with Gasteiger partial charge in [0.25, 0.3) is 5.91 Å². The summed E-state index contributed by atoms with van der Waals surface area (Å²) in [5.41, 5.74) is 1.43. The number of carbonyl (C=O) groups is 2. The van der Waals surface area contributed by atoms with Gasteiger partial charge in [0.2, 0.25) is 0 Å². The van der Waals surface area contributed by atoms with Crippen molar-refractivity contribution in [3.63, 3.8) is 0 Å². The number of ether oxygens (including phenoxy) is 1. The summed E-state index contributed by atoms with van der Waals surface area (Å²) in [5, 5.41) is 12.4. The highest BCUT2D eigenvalue weighted by Gasteiger charge is 2.19. The summed E-state index contributed by atoms with van der Waals surface area (Å²) in [7, 11) is 0. The summed E-state index contributed by atoms with van der Waals surface area (Å²) in [5.74, 6) is -0.368. The lowest BCUT2D eigenvalue weighted by molar-refractivity contribution is -0.137. The van der Waals surface area contributed by atoms with Gasteiger partial charge in [0.1, 0.15) is 12.4 Å². The molecule has 1 amide bonds. The number of carboxylic acid groups (broad SMARTS) is 1. The number of unbranched alkanes of at least 4 members (excludes halogenated alkanes) is 2. The molecule has 168 valence electrons. The van der Waals surface area contributed by atoms with Crippen LogP contribution in [0.2, 0.25) is 5.02 Å². The van der Waals surface area contributed by atoms with Crippen molar-refractivity contribution in [3.05, 3.63) is 53.3 Å². The van der Waals surface area contributed by atoms with E-state index < -0.39 is 5.97 Å². The molecule has 2 rings (SSSR count). The van der Waals surface area contributed by atoms with E-state index in [1.165, 1.54) is 0 Å². The first-order valence-corrected chi connectivity index (χ1v) is 10.8. The standard InChI is InChI=1S/C23H30ClN3O4/c1-17(2)27(12-5-3-4-6-22(28)29)23(30)18-14-19(24)16-21(15-18)31-13-11-26-20-7-9-25-10-8-20/h7-10,14-17H,3-6,11-13H2,1-2H3,(H,25,26)(H,28,29). The number of hydrogen-bond donors (Lipinski definition) is 2. The molecule has 0 saturated carbocycles. The lowest BCUT2D eigenvalue weighted by Gasteiger charge is -2.27. The molecule has 31 heavy (non-hydrogen) atoms. The highest BCUT2D eigenvalue weighted by Crippen LogP contribution is 2.23. The minimum absolute atomic E-state index is 0.0138. The zero-order chi connectivity index (χ0) is 22.6. The van der Waals surface area contributed by atoms with E-state index >= 15 is 0 Å². The third-order valence-corrected chi connectivity index (χ3v) is 4.89. The van der Waals surface area contributed by atoms with Crippen LogP contribution in [0.25, 0.3) is 0 Å². The zero-order valence-corrected chi connectivity index (χ0v) is 18.8. The van der Waals surface area contributed by atoms with Gasteiger partial charge in [-0.05, 0) is 57.0 Å². The number of aromatic nitrogens is 1. The van der Waals surface area contributed by atoms with Crippen LogP contribution >= 0.6 is 11.6 Å². The molecular weight excluding hydrogens is 418 g/mol. The summed E-state index contributed by atoms with van der Waals surface area (Å²) in [6, 6.07) is 8.80. The SMILES string of the molecule is CC(C)N(CCCCCC(=O)O)C(=O)c1cc(Cl)cc(OCCNc2ccncc2)c1. The fourth-order valence-electron chi connectivity index (χ4n) is 3.10. The van der Waals surface area contributed by atoms with Gasteiger partial charge in [0.05, 0.1) is 0 Å². The van der Waals surface area contributed by atoms with Crippen LogP contribution in [0, 0.1) is 0 Å². The van der Waals surface area contributed by atoms with E-state index in [-0.39, 0.29) is 18.4 Å². The molecule has 2 N–H and O–H groups in total. The molecule has 2 aromatic rings. The molecule has 0 saturated heterocycles. The molecule has 0 aliphatic rings. The number of nitrogens with zero attached hydrogens (tertiary/aromatic N) is 2. The normalized spacial score (nSPS) is 10.7. The van der Waals surface area contributed by atoms with E-state index in [2.05, 4.69) is 10.3 Å². The third kappa shape index (κ3) is 8.84. The minimum Gasteiger partial charge on any atom is -0.492 e. The molecule has 0 bridgehead atoms. The van der Waals surface area contributed by atoms with Gasteiger partial charge in [-0.3, -0.25) is 14.6 Å². The van der Waals surface area contributed by atoms with Crippen molar-refractivity contribution < 1.29 is 19.4 Å². The second-order valence-corrected chi connectivity index (χ2v) is 7.92. The Morgan fingerprint density at radius 2 is 1.90 bits per heavy atom. The smallest absolute Gasteiger partial charge is 0.303 e. The van der Waals surface area contributed by atoms with Gasteiger partial charge in [-0.15, -0.1) is 0 Å². The van der Waals surface area contributed by atoms with Crippen molar-refractivity contribution in [1.82, 2.24) is 9.88 Å². The second kappa shape index (κ2) is 12.8. The van der Waals surface area contributed by atoms with Crippen LogP contribution in [0.3, 0.4) is 0 Å². The van der Waals surface area contributed by atoms with Crippen LogP contribution in [0.15, 0.2) is 42.7 Å². The number of carboxylic acids is 1. The van der Waals surface area contributed by atoms with Crippen molar-refractivity contribution >= 4 is 29.2 Å². The van der Waals surface area contributed by atoms with Crippen molar-refractivity contribution in [2.75, 3.05) is 25.0 Å². The number of halogens is 1. The topological polar surface area (TPSA) is 91.8 Å². The Hall–Kier alpha value is -2.80. The van der Waals surface area contributed by atoms with Gasteiger partial charge in [-0.2, -0.15) is 0 Å². The molecule has 0 aliphatic carbocycles. The fourth-order valence-corrected chi connectivity index (χ4v) is 3.32. The minimum atomic E-state index is -0.792. The average molecular weight is 448 g/mol. The zero-order valence-electron chi connectivity index (χ0n) is 18.0. The van der Waals surface area contributed by atoms with Gasteiger partial charge in [-0.25, -0.2) is 0 Å². The summed E-state index contributed by atoms with van der Waals surface area (Å²) < 4.78 is 5.79. The summed E-state index contributed by atoms with van der Waals surface area (Å²) >= 11 is 6.23. The predicted octanol–water partition coefficient (Wildman–Crippen LogP) is 4.72. The monoisotopic (exact) mass is 447 g/mol. The Morgan fingerprint density at radius 3 is 2.58 bits per heavy atom. The van der Waals surface area contributed by atoms with Gasteiger partial charge in [-0.1, -0.05) is 18.0 Å². The van der Waals surface area contributed by atoms with E-state index in [1.807, 2.05) is 26.0 Å². The quantitative estimate of drug-likeness (QED) is 0.431. The highest BCUT2D eigenvalue weighted by atomic mass is 35.5. The van der Waals surface area contributed by atoms with E-state index in [4.69, 9.17) is 21.4 Å². The number of carbonyl (C=O) groups excluding carboxylic acids is 1. The molecule has 8 heteroatoms. The Morgan fingerprint density at radius 1 is 1.16 bits per heavy atom. The van der Waals surface area contributed by atoms with E-state index in [0.717, 1.165) is 18.5 Å². The van der Waals surface area contributed by atoms with Gasteiger partial charge in [0.15, 0.2) is 0 Å². The Kier molecular flexibility index (Phi) is 10.1. The maximum atomic E-state index is 13.1. The maximum Gasteiger partial charge on any atom is 0.303 e. The average Bonchev–Trinajstić information content (AvgIpc) is 2.73. The molecule has 0 unspecified atom stereocenters. The molecule has 1 aromatic heterocycles. The second-order valence-electron chi connectivity index (χ2n) is 7.48. The predicted molar refractivity (Wildman–Crippen MR) is 122 cm³/mol. The largest absolute Gasteiger partial charge is 0.492 e. The first kappa shape index (κ1) is 24.5. The molecular formula is C23H30ClN3O4. The van der Waals surface area contributed by atoms with E-state index in [9.17, 15) is 9.59 Å². The van der Waals surface area contributed by atoms with Crippen LogP contribution < -0.4 is 10.1 Å². The van der Waals surface area contributed by atoms with Crippen molar-refractivity contribution in [2.45, 2.75) is 45.6 Å². The first-order chi connectivity index (χ1) is 14.9. The molecule has 1 aromatic carbocycles. The van der Waals surface area contributed by atoms with Gasteiger partial charge >= 0.3 is 5.97 Å². The van der Waals surface area contributed by atoms with Crippen LogP contribution in [0.4, 0.5) is 5.69 Å². The third-order valence-electron chi connectivity index (χ3n) is 4.67. The number of pyridine rings is 1. The lowest BCUT2D eigenvalue weighted by Crippen LogP contribution is -2.37. The summed E-state index contributed by atoms with van der Waals surface area (Å²) in [4.78, 5) is 29.5. The van der Waals surface area contributed by atoms with Crippen LogP contribution in [-0.4, -0.2) is 52.6 Å². The number of hydrogen-bond acceptors (Lipinski definition) is 5. The van der Waals surface area contributed by atoms with Gasteiger partial charge in [0, 0.05) is 54.2 Å². The number of amides is 1. The number of anilines is 1. The van der Waals surface area contributed by atoms with E-state index in [1.54, 1.807) is 35.5 Å². The van der Waals surface area contributed by atoms with E-state index in [0.29, 0.717) is 42.5 Å². The van der Waals surface area contributed by atoms with Crippen LogP contribution in [0.5, 0.6) is 5.75 Å². The molecule has 0 fully saturated rings. The molecule has 0 atom stereocenters. The van der Waals surface area contributed by atoms with Crippen molar-refractivity contribution in [2.24, 2.45) is 0 Å². The van der Waals surface area contributed by atoms with Crippen molar-refractivity contribution in [3.8, 4) is 5.75 Å². The molecule has 0 aliphatic heterocycles. The van der Waals surface area contributed by atoms with Crippen molar-refractivity contribution in [1.29, 1.82) is 0 Å². The molecule has 0 radical (unpaired) electrons. The molecule has 0 spiro atoms. The summed E-state index contributed by atoms with van der Waals surface area (Å²) in [6.07, 6.45) is 5.70. The molecule has 7 nitrogen and oxygen atoms in total. The lowest BCUT2D eigenvalue weighted by atomic mass is 10.1.